The van der Waals surface area contributed by atoms with Gasteiger partial charge < -0.3 is 5.32 Å². The first-order valence-electron chi connectivity index (χ1n) is 8.10. The molecule has 1 aliphatic heterocycles. The van der Waals surface area contributed by atoms with Crippen molar-refractivity contribution in [3.63, 3.8) is 0 Å². The van der Waals surface area contributed by atoms with Gasteiger partial charge in [0.1, 0.15) is 5.54 Å². The Morgan fingerprint density at radius 2 is 2.11 bits per heavy atom. The molecule has 19 heavy (non-hydrogen) atoms. The molecule has 0 amide bonds. The van der Waals surface area contributed by atoms with Gasteiger partial charge in [-0.05, 0) is 58.5 Å². The number of hydrogen-bond acceptors (Lipinski definition) is 3. The number of likely N-dealkylation sites (tertiary alicyclic amines) is 1. The Hall–Kier alpha value is -0.590. The van der Waals surface area contributed by atoms with Crippen LogP contribution in [0.3, 0.4) is 0 Å². The van der Waals surface area contributed by atoms with Gasteiger partial charge in [0.15, 0.2) is 0 Å². The predicted octanol–water partition coefficient (Wildman–Crippen LogP) is 3.07. The lowest BCUT2D eigenvalue weighted by Gasteiger charge is -2.44. The third-order valence-corrected chi connectivity index (χ3v) is 5.28. The Bertz CT molecular complexity index is 322. The van der Waals surface area contributed by atoms with E-state index in [4.69, 9.17) is 0 Å². The average molecular weight is 263 g/mol. The molecule has 0 aromatic carbocycles. The minimum Gasteiger partial charge on any atom is -0.302 e. The Kier molecular flexibility index (Phi) is 5.24. The van der Waals surface area contributed by atoms with Crippen molar-refractivity contribution in [1.82, 2.24) is 10.2 Å². The second kappa shape index (κ2) is 6.72. The fraction of sp³-hybridized carbons (Fsp3) is 0.938. The highest BCUT2D eigenvalue weighted by atomic mass is 15.2. The zero-order chi connectivity index (χ0) is 13.7. The molecule has 108 valence electrons. The lowest BCUT2D eigenvalue weighted by atomic mass is 9.79. The molecule has 1 heterocycles. The number of nitriles is 1. The summed E-state index contributed by atoms with van der Waals surface area (Å²) in [6.07, 6.45) is 11.2. The van der Waals surface area contributed by atoms with Crippen molar-refractivity contribution in [1.29, 1.82) is 5.26 Å². The Labute approximate surface area is 118 Å². The second-order valence-electron chi connectivity index (χ2n) is 6.34. The third kappa shape index (κ3) is 3.30. The molecule has 1 saturated carbocycles. The first kappa shape index (κ1) is 14.8. The SMILES string of the molecule is CCC1CCCCCN1C1CCCC(C#N)(NC)C1. The van der Waals surface area contributed by atoms with Gasteiger partial charge in [0, 0.05) is 12.1 Å². The van der Waals surface area contributed by atoms with Crippen LogP contribution in [0.25, 0.3) is 0 Å². The zero-order valence-corrected chi connectivity index (χ0v) is 12.6. The lowest BCUT2D eigenvalue weighted by molar-refractivity contribution is 0.0810. The predicted molar refractivity (Wildman–Crippen MR) is 78.9 cm³/mol. The fourth-order valence-corrected chi connectivity index (χ4v) is 4.03. The standard InChI is InChI=1S/C16H29N3/c1-3-14-8-5-4-6-11-19(14)15-9-7-10-16(12-15,13-17)18-2/h14-15,18H,3-12H2,1-2H3. The minimum absolute atomic E-state index is 0.270. The van der Waals surface area contributed by atoms with Crippen molar-refractivity contribution < 1.29 is 0 Å². The highest BCUT2D eigenvalue weighted by Gasteiger charge is 2.39. The quantitative estimate of drug-likeness (QED) is 0.850. The monoisotopic (exact) mass is 263 g/mol. The van der Waals surface area contributed by atoms with Gasteiger partial charge in [-0.15, -0.1) is 0 Å². The number of nitrogens with zero attached hydrogens (tertiary/aromatic N) is 2. The summed E-state index contributed by atoms with van der Waals surface area (Å²) in [5.41, 5.74) is -0.270. The summed E-state index contributed by atoms with van der Waals surface area (Å²) in [6.45, 7) is 3.57. The van der Waals surface area contributed by atoms with Crippen LogP contribution in [0.4, 0.5) is 0 Å². The van der Waals surface area contributed by atoms with Gasteiger partial charge in [0.2, 0.25) is 0 Å². The van der Waals surface area contributed by atoms with E-state index in [-0.39, 0.29) is 5.54 Å². The molecule has 3 atom stereocenters. The van der Waals surface area contributed by atoms with Crippen LogP contribution in [0.1, 0.15) is 64.7 Å². The molecule has 0 spiro atoms. The molecular formula is C16H29N3. The minimum atomic E-state index is -0.270. The van der Waals surface area contributed by atoms with Gasteiger partial charge in [-0.1, -0.05) is 19.8 Å². The van der Waals surface area contributed by atoms with E-state index < -0.39 is 0 Å². The van der Waals surface area contributed by atoms with Crippen molar-refractivity contribution in [2.75, 3.05) is 13.6 Å². The molecule has 0 radical (unpaired) electrons. The van der Waals surface area contributed by atoms with Crippen molar-refractivity contribution in [2.24, 2.45) is 0 Å². The van der Waals surface area contributed by atoms with Crippen molar-refractivity contribution in [3.8, 4) is 6.07 Å². The van der Waals surface area contributed by atoms with E-state index in [1.54, 1.807) is 0 Å². The van der Waals surface area contributed by atoms with Gasteiger partial charge in [-0.25, -0.2) is 0 Å². The smallest absolute Gasteiger partial charge is 0.108 e. The maximum Gasteiger partial charge on any atom is 0.108 e. The van der Waals surface area contributed by atoms with Crippen LogP contribution in [0.5, 0.6) is 0 Å². The molecule has 3 nitrogen and oxygen atoms in total. The van der Waals surface area contributed by atoms with E-state index in [9.17, 15) is 5.26 Å². The largest absolute Gasteiger partial charge is 0.302 e. The zero-order valence-electron chi connectivity index (χ0n) is 12.6. The second-order valence-corrected chi connectivity index (χ2v) is 6.34. The highest BCUT2D eigenvalue weighted by Crippen LogP contribution is 2.34. The first-order chi connectivity index (χ1) is 9.24. The van der Waals surface area contributed by atoms with Crippen LogP contribution in [0, 0.1) is 11.3 Å². The topological polar surface area (TPSA) is 39.1 Å². The maximum atomic E-state index is 9.51. The molecular weight excluding hydrogens is 234 g/mol. The van der Waals surface area contributed by atoms with Crippen LogP contribution in [-0.4, -0.2) is 36.1 Å². The fourth-order valence-electron chi connectivity index (χ4n) is 4.03. The van der Waals surface area contributed by atoms with Gasteiger partial charge in [0.05, 0.1) is 6.07 Å². The molecule has 2 fully saturated rings. The van der Waals surface area contributed by atoms with Gasteiger partial charge >= 0.3 is 0 Å². The van der Waals surface area contributed by atoms with E-state index in [0.29, 0.717) is 6.04 Å². The van der Waals surface area contributed by atoms with Crippen LogP contribution < -0.4 is 5.32 Å². The molecule has 0 bridgehead atoms. The van der Waals surface area contributed by atoms with Gasteiger partial charge in [-0.2, -0.15) is 5.26 Å². The number of hydrogen-bond donors (Lipinski definition) is 1. The summed E-state index contributed by atoms with van der Waals surface area (Å²) < 4.78 is 0. The summed E-state index contributed by atoms with van der Waals surface area (Å²) in [6, 6.07) is 3.91. The third-order valence-electron chi connectivity index (χ3n) is 5.28. The van der Waals surface area contributed by atoms with Crippen LogP contribution >= 0.6 is 0 Å². The Balaban J connectivity index is 2.08. The summed E-state index contributed by atoms with van der Waals surface area (Å²) in [5, 5.41) is 12.8. The van der Waals surface area contributed by atoms with Crippen molar-refractivity contribution >= 4 is 0 Å². The van der Waals surface area contributed by atoms with Crippen molar-refractivity contribution in [3.05, 3.63) is 0 Å². The van der Waals surface area contributed by atoms with E-state index in [1.807, 2.05) is 7.05 Å². The van der Waals surface area contributed by atoms with E-state index in [0.717, 1.165) is 18.9 Å². The number of rotatable bonds is 3. The Morgan fingerprint density at radius 1 is 1.26 bits per heavy atom. The molecule has 3 heteroatoms. The number of nitrogens with one attached hydrogen (secondary N) is 1. The molecule has 0 aromatic rings. The summed E-state index contributed by atoms with van der Waals surface area (Å²) in [4.78, 5) is 2.75. The van der Waals surface area contributed by atoms with E-state index >= 15 is 0 Å². The summed E-state index contributed by atoms with van der Waals surface area (Å²) in [7, 11) is 1.95. The average Bonchev–Trinajstić information content (AvgIpc) is 2.72. The van der Waals surface area contributed by atoms with E-state index in [2.05, 4.69) is 23.2 Å². The van der Waals surface area contributed by atoms with Crippen LogP contribution in [-0.2, 0) is 0 Å². The summed E-state index contributed by atoms with van der Waals surface area (Å²) in [5.74, 6) is 0. The highest BCUT2D eigenvalue weighted by molar-refractivity contribution is 5.11. The van der Waals surface area contributed by atoms with Crippen LogP contribution in [0.15, 0.2) is 0 Å². The molecule has 1 aliphatic carbocycles. The molecule has 2 aliphatic rings. The van der Waals surface area contributed by atoms with E-state index in [1.165, 1.54) is 51.5 Å². The van der Waals surface area contributed by atoms with Crippen LogP contribution in [0.2, 0.25) is 0 Å². The first-order valence-corrected chi connectivity index (χ1v) is 8.10. The van der Waals surface area contributed by atoms with Crippen molar-refractivity contribution in [2.45, 2.75) is 82.3 Å². The van der Waals surface area contributed by atoms with Gasteiger partial charge in [0.25, 0.3) is 0 Å². The Morgan fingerprint density at radius 3 is 2.79 bits per heavy atom. The van der Waals surface area contributed by atoms with Gasteiger partial charge in [-0.3, -0.25) is 4.90 Å². The molecule has 3 unspecified atom stereocenters. The molecule has 2 rings (SSSR count). The lowest BCUT2D eigenvalue weighted by Crippen LogP contribution is -2.53. The maximum absolute atomic E-state index is 9.51. The molecule has 0 aromatic heterocycles. The normalized spacial score (nSPS) is 37.5. The molecule has 1 N–H and O–H groups in total. The molecule has 1 saturated heterocycles. The summed E-state index contributed by atoms with van der Waals surface area (Å²) >= 11 is 0.